The van der Waals surface area contributed by atoms with Gasteiger partial charge in [0.1, 0.15) is 0 Å². The number of hydrogen-bond acceptors (Lipinski definition) is 4. The highest BCUT2D eigenvalue weighted by atomic mass is 79.9. The number of sulfonamides is 1. The standard InChI is InChI=1S/C10H12BrNO4S/c1-3-7-8(10(13)16-11)5-4-6(2)9(7)17(12,14)15/h4-5H,3H2,1-2H3,(H2,12,14,15). The van der Waals surface area contributed by atoms with Crippen LogP contribution in [-0.2, 0) is 20.3 Å². The van der Waals surface area contributed by atoms with Gasteiger partial charge in [0.05, 0.1) is 10.5 Å². The van der Waals surface area contributed by atoms with Crippen LogP contribution in [0.15, 0.2) is 17.0 Å². The maximum atomic E-state index is 11.5. The van der Waals surface area contributed by atoms with Gasteiger partial charge < -0.3 is 3.83 Å². The smallest absolute Gasteiger partial charge is 0.349 e. The summed E-state index contributed by atoms with van der Waals surface area (Å²) in [4.78, 5) is 11.5. The molecule has 0 aromatic heterocycles. The van der Waals surface area contributed by atoms with Gasteiger partial charge in [0, 0.05) is 0 Å². The molecule has 0 aliphatic carbocycles. The van der Waals surface area contributed by atoms with Crippen LogP contribution in [0.4, 0.5) is 0 Å². The van der Waals surface area contributed by atoms with Crippen molar-refractivity contribution < 1.29 is 17.0 Å². The average Bonchev–Trinajstić information content (AvgIpc) is 2.25. The fourth-order valence-electron chi connectivity index (χ4n) is 1.72. The number of primary sulfonamides is 1. The molecule has 7 heteroatoms. The van der Waals surface area contributed by atoms with Crippen LogP contribution < -0.4 is 5.14 Å². The van der Waals surface area contributed by atoms with Crippen molar-refractivity contribution in [1.82, 2.24) is 0 Å². The molecule has 0 unspecified atom stereocenters. The van der Waals surface area contributed by atoms with Gasteiger partial charge in [-0.3, -0.25) is 0 Å². The summed E-state index contributed by atoms with van der Waals surface area (Å²) in [6.45, 7) is 3.37. The summed E-state index contributed by atoms with van der Waals surface area (Å²) < 4.78 is 27.4. The second-order valence-electron chi connectivity index (χ2n) is 3.50. The fraction of sp³-hybridized carbons (Fsp3) is 0.300. The molecular weight excluding hydrogens is 310 g/mol. The topological polar surface area (TPSA) is 86.5 Å². The van der Waals surface area contributed by atoms with Gasteiger partial charge in [-0.05, 0) is 30.5 Å². The van der Waals surface area contributed by atoms with Gasteiger partial charge in [0.15, 0.2) is 16.3 Å². The lowest BCUT2D eigenvalue weighted by Gasteiger charge is -2.12. The number of halogens is 1. The second kappa shape index (κ2) is 5.16. The molecule has 0 spiro atoms. The van der Waals surface area contributed by atoms with E-state index in [0.717, 1.165) is 0 Å². The van der Waals surface area contributed by atoms with Crippen LogP contribution in [0.2, 0.25) is 0 Å². The number of nitrogens with two attached hydrogens (primary N) is 1. The first-order valence-corrected chi connectivity index (χ1v) is 7.00. The zero-order valence-corrected chi connectivity index (χ0v) is 11.8. The third-order valence-electron chi connectivity index (χ3n) is 2.39. The highest BCUT2D eigenvalue weighted by Crippen LogP contribution is 2.24. The van der Waals surface area contributed by atoms with E-state index in [4.69, 9.17) is 5.14 Å². The number of carbonyl (C=O) groups excluding carboxylic acids is 1. The number of carbonyl (C=O) groups is 1. The highest BCUT2D eigenvalue weighted by Gasteiger charge is 2.22. The van der Waals surface area contributed by atoms with Crippen molar-refractivity contribution in [1.29, 1.82) is 0 Å². The lowest BCUT2D eigenvalue weighted by molar-refractivity contribution is 0.0780. The predicted molar refractivity (Wildman–Crippen MR) is 66.3 cm³/mol. The monoisotopic (exact) mass is 321 g/mol. The van der Waals surface area contributed by atoms with Gasteiger partial charge in [-0.2, -0.15) is 0 Å². The summed E-state index contributed by atoms with van der Waals surface area (Å²) in [7, 11) is -3.86. The van der Waals surface area contributed by atoms with Crippen molar-refractivity contribution in [2.24, 2.45) is 5.14 Å². The van der Waals surface area contributed by atoms with E-state index >= 15 is 0 Å². The quantitative estimate of drug-likeness (QED) is 0.917. The largest absolute Gasteiger partial charge is 0.380 e. The Morgan fingerprint density at radius 3 is 2.47 bits per heavy atom. The minimum Gasteiger partial charge on any atom is -0.380 e. The van der Waals surface area contributed by atoms with Gasteiger partial charge >= 0.3 is 5.97 Å². The van der Waals surface area contributed by atoms with E-state index in [-0.39, 0.29) is 10.5 Å². The van der Waals surface area contributed by atoms with Crippen LogP contribution in [0.25, 0.3) is 0 Å². The van der Waals surface area contributed by atoms with E-state index in [0.29, 0.717) is 17.5 Å². The van der Waals surface area contributed by atoms with Gasteiger partial charge in [-0.15, -0.1) is 0 Å². The Balaban J connectivity index is 3.65. The van der Waals surface area contributed by atoms with Gasteiger partial charge in [0.25, 0.3) is 0 Å². The molecule has 17 heavy (non-hydrogen) atoms. The Morgan fingerprint density at radius 1 is 1.47 bits per heavy atom. The average molecular weight is 322 g/mol. The lowest BCUT2D eigenvalue weighted by atomic mass is 10.0. The van der Waals surface area contributed by atoms with E-state index in [1.54, 1.807) is 13.8 Å². The number of aryl methyl sites for hydroxylation is 1. The lowest BCUT2D eigenvalue weighted by Crippen LogP contribution is -2.18. The minimum absolute atomic E-state index is 0.00426. The molecule has 0 amide bonds. The van der Waals surface area contributed by atoms with Crippen molar-refractivity contribution in [2.75, 3.05) is 0 Å². The molecule has 0 radical (unpaired) electrons. The van der Waals surface area contributed by atoms with E-state index < -0.39 is 16.0 Å². The summed E-state index contributed by atoms with van der Waals surface area (Å²) in [5.41, 5.74) is 1.08. The normalized spacial score (nSPS) is 11.3. The SMILES string of the molecule is CCc1c(C(=O)OBr)ccc(C)c1S(N)(=O)=O. The molecule has 2 N–H and O–H groups in total. The maximum Gasteiger partial charge on any atom is 0.349 e. The van der Waals surface area contributed by atoms with Gasteiger partial charge in [0.2, 0.25) is 10.0 Å². The molecule has 0 fully saturated rings. The molecule has 94 valence electrons. The number of benzene rings is 1. The summed E-state index contributed by atoms with van der Waals surface area (Å²) in [6, 6.07) is 3.05. The Morgan fingerprint density at radius 2 is 2.06 bits per heavy atom. The first kappa shape index (κ1) is 14.1. The van der Waals surface area contributed by atoms with E-state index in [9.17, 15) is 13.2 Å². The molecule has 0 aliphatic rings. The van der Waals surface area contributed by atoms with Crippen LogP contribution >= 0.6 is 16.3 Å². The predicted octanol–water partition coefficient (Wildman–Crippen LogP) is 1.67. The maximum absolute atomic E-state index is 11.5. The molecule has 0 saturated carbocycles. The van der Waals surface area contributed by atoms with Crippen LogP contribution in [-0.4, -0.2) is 14.4 Å². The van der Waals surface area contributed by atoms with Crippen molar-refractivity contribution in [2.45, 2.75) is 25.2 Å². The van der Waals surface area contributed by atoms with Crippen molar-refractivity contribution in [3.05, 3.63) is 28.8 Å². The zero-order chi connectivity index (χ0) is 13.2. The fourth-order valence-corrected chi connectivity index (χ4v) is 3.01. The van der Waals surface area contributed by atoms with Crippen molar-refractivity contribution in [3.63, 3.8) is 0 Å². The summed E-state index contributed by atoms with van der Waals surface area (Å²) in [5.74, 6) is -0.647. The first-order chi connectivity index (χ1) is 7.82. The summed E-state index contributed by atoms with van der Waals surface area (Å²) in [6.07, 6.45) is 0.366. The van der Waals surface area contributed by atoms with Gasteiger partial charge in [-0.25, -0.2) is 18.4 Å². The molecule has 1 rings (SSSR count). The summed E-state index contributed by atoms with van der Waals surface area (Å²) >= 11 is 2.58. The molecule has 5 nitrogen and oxygen atoms in total. The molecule has 1 aromatic rings. The molecule has 0 aliphatic heterocycles. The Labute approximate surface area is 108 Å². The molecule has 0 bridgehead atoms. The van der Waals surface area contributed by atoms with Crippen LogP contribution in [0, 0.1) is 6.92 Å². The first-order valence-electron chi connectivity index (χ1n) is 4.81. The van der Waals surface area contributed by atoms with Gasteiger partial charge in [-0.1, -0.05) is 13.0 Å². The third-order valence-corrected chi connectivity index (χ3v) is 3.82. The van der Waals surface area contributed by atoms with E-state index in [1.807, 2.05) is 0 Å². The Hall–Kier alpha value is -0.920. The second-order valence-corrected chi connectivity index (χ2v) is 5.32. The Kier molecular flexibility index (Phi) is 4.29. The number of hydrogen-bond donors (Lipinski definition) is 1. The van der Waals surface area contributed by atoms with Crippen molar-refractivity contribution >= 4 is 32.3 Å². The number of rotatable bonds is 3. The van der Waals surface area contributed by atoms with Crippen molar-refractivity contribution in [3.8, 4) is 0 Å². The molecule has 0 heterocycles. The van der Waals surface area contributed by atoms with E-state index in [2.05, 4.69) is 20.1 Å². The third kappa shape index (κ3) is 2.85. The van der Waals surface area contributed by atoms with Crippen LogP contribution in [0.3, 0.4) is 0 Å². The Bertz CT molecular complexity index is 554. The van der Waals surface area contributed by atoms with Crippen LogP contribution in [0.1, 0.15) is 28.4 Å². The minimum atomic E-state index is -3.86. The summed E-state index contributed by atoms with van der Waals surface area (Å²) in [5, 5.41) is 5.15. The molecule has 0 atom stereocenters. The zero-order valence-electron chi connectivity index (χ0n) is 9.36. The molecular formula is C10H12BrNO4S. The van der Waals surface area contributed by atoms with E-state index in [1.165, 1.54) is 12.1 Å². The van der Waals surface area contributed by atoms with Crippen LogP contribution in [0.5, 0.6) is 0 Å². The molecule has 1 aromatic carbocycles. The molecule has 0 saturated heterocycles. The highest BCUT2D eigenvalue weighted by molar-refractivity contribution is 9.06.